The summed E-state index contributed by atoms with van der Waals surface area (Å²) in [5.74, 6) is 0.796. The summed E-state index contributed by atoms with van der Waals surface area (Å²) in [4.78, 5) is 0. The van der Waals surface area contributed by atoms with Crippen LogP contribution in [0.4, 0.5) is 0 Å². The Hall–Kier alpha value is -0.0800. The van der Waals surface area contributed by atoms with E-state index in [9.17, 15) is 10.2 Å². The summed E-state index contributed by atoms with van der Waals surface area (Å²) in [6.07, 6.45) is 7.25. The Balaban J connectivity index is 1.95. The number of aliphatic hydroxyl groups excluding tert-OH is 1. The van der Waals surface area contributed by atoms with Gasteiger partial charge < -0.3 is 10.2 Å². The minimum absolute atomic E-state index is 0.152. The van der Waals surface area contributed by atoms with Crippen molar-refractivity contribution in [1.82, 2.24) is 0 Å². The zero-order valence-electron chi connectivity index (χ0n) is 9.58. The van der Waals surface area contributed by atoms with Gasteiger partial charge in [0.25, 0.3) is 0 Å². The average molecular weight is 210 g/mol. The fourth-order valence-electron chi connectivity index (χ4n) is 4.54. The number of rotatable bonds is 0. The quantitative estimate of drug-likeness (QED) is 0.642. The Morgan fingerprint density at radius 2 is 2.00 bits per heavy atom. The predicted molar refractivity (Wildman–Crippen MR) is 58.4 cm³/mol. The summed E-state index contributed by atoms with van der Waals surface area (Å²) in [6.45, 7) is 2.26. The van der Waals surface area contributed by atoms with E-state index in [0.29, 0.717) is 11.8 Å². The summed E-state index contributed by atoms with van der Waals surface area (Å²) in [5, 5.41) is 20.9. The van der Waals surface area contributed by atoms with Crippen LogP contribution in [0.15, 0.2) is 0 Å². The van der Waals surface area contributed by atoms with Crippen molar-refractivity contribution in [3.05, 3.63) is 0 Å². The fraction of sp³-hybridized carbons (Fsp3) is 1.00. The van der Waals surface area contributed by atoms with Crippen LogP contribution in [0.25, 0.3) is 0 Å². The van der Waals surface area contributed by atoms with Crippen molar-refractivity contribution in [2.45, 2.75) is 63.6 Å². The highest BCUT2D eigenvalue weighted by atomic mass is 16.3. The van der Waals surface area contributed by atoms with Crippen LogP contribution < -0.4 is 0 Å². The number of fused-ring (bicyclic) bond motifs is 4. The smallest absolute Gasteiger partial charge is 0.0684 e. The minimum Gasteiger partial charge on any atom is -0.393 e. The molecule has 2 heteroatoms. The van der Waals surface area contributed by atoms with Gasteiger partial charge in [0.2, 0.25) is 0 Å². The zero-order valence-corrected chi connectivity index (χ0v) is 9.58. The Bertz CT molecular complexity index is 278. The van der Waals surface area contributed by atoms with Gasteiger partial charge >= 0.3 is 0 Å². The molecule has 0 aromatic heterocycles. The van der Waals surface area contributed by atoms with Crippen molar-refractivity contribution >= 4 is 0 Å². The molecule has 0 unspecified atom stereocenters. The lowest BCUT2D eigenvalue weighted by Crippen LogP contribution is -2.50. The van der Waals surface area contributed by atoms with Crippen LogP contribution in [0.5, 0.6) is 0 Å². The summed E-state index contributed by atoms with van der Waals surface area (Å²) >= 11 is 0. The Labute approximate surface area is 91.7 Å². The van der Waals surface area contributed by atoms with Gasteiger partial charge in [0.15, 0.2) is 0 Å². The molecule has 15 heavy (non-hydrogen) atoms. The monoisotopic (exact) mass is 210 g/mol. The highest BCUT2D eigenvalue weighted by Gasteiger charge is 2.56. The molecule has 86 valence electrons. The van der Waals surface area contributed by atoms with E-state index in [-0.39, 0.29) is 11.5 Å². The maximum Gasteiger partial charge on any atom is 0.0684 e. The van der Waals surface area contributed by atoms with Crippen molar-refractivity contribution in [1.29, 1.82) is 0 Å². The third-order valence-corrected chi connectivity index (χ3v) is 5.34. The van der Waals surface area contributed by atoms with Gasteiger partial charge in [-0.15, -0.1) is 0 Å². The van der Waals surface area contributed by atoms with E-state index in [4.69, 9.17) is 0 Å². The van der Waals surface area contributed by atoms with Gasteiger partial charge in [0, 0.05) is 0 Å². The van der Waals surface area contributed by atoms with Crippen molar-refractivity contribution in [2.75, 3.05) is 0 Å². The maximum atomic E-state index is 10.7. The molecule has 3 aliphatic rings. The number of hydrogen-bond donors (Lipinski definition) is 2. The first-order valence-corrected chi connectivity index (χ1v) is 6.43. The second kappa shape index (κ2) is 2.98. The first-order chi connectivity index (χ1) is 7.03. The molecule has 0 radical (unpaired) electrons. The molecule has 0 aromatic carbocycles. The van der Waals surface area contributed by atoms with Gasteiger partial charge in [-0.1, -0.05) is 13.3 Å². The Morgan fingerprint density at radius 3 is 2.67 bits per heavy atom. The van der Waals surface area contributed by atoms with E-state index in [1.165, 1.54) is 6.42 Å². The Morgan fingerprint density at radius 1 is 1.20 bits per heavy atom. The summed E-state index contributed by atoms with van der Waals surface area (Å²) < 4.78 is 0. The molecule has 0 aromatic rings. The van der Waals surface area contributed by atoms with Crippen molar-refractivity contribution in [3.8, 4) is 0 Å². The SMILES string of the molecule is C[C@@]12CCC[C@@](O)(C1)[C@@H]1CC[C@@H]1[C@@H](O)C2. The molecule has 3 saturated carbocycles. The lowest BCUT2D eigenvalue weighted by Gasteiger charge is -2.49. The molecule has 3 rings (SSSR count). The van der Waals surface area contributed by atoms with Crippen LogP contribution >= 0.6 is 0 Å². The van der Waals surface area contributed by atoms with Gasteiger partial charge in [-0.3, -0.25) is 0 Å². The molecular formula is C13H22O2. The van der Waals surface area contributed by atoms with Gasteiger partial charge in [0.1, 0.15) is 0 Å². The molecule has 0 aliphatic heterocycles. The predicted octanol–water partition coefficient (Wildman–Crippen LogP) is 2.09. The number of aliphatic hydroxyl groups is 2. The third kappa shape index (κ3) is 1.38. The van der Waals surface area contributed by atoms with Gasteiger partial charge in [0.05, 0.1) is 11.7 Å². The topological polar surface area (TPSA) is 40.5 Å². The summed E-state index contributed by atoms with van der Waals surface area (Å²) in [6, 6.07) is 0. The van der Waals surface area contributed by atoms with Gasteiger partial charge in [-0.05, 0) is 55.8 Å². The van der Waals surface area contributed by atoms with E-state index >= 15 is 0 Å². The van der Waals surface area contributed by atoms with E-state index < -0.39 is 5.60 Å². The van der Waals surface area contributed by atoms with Crippen molar-refractivity contribution in [2.24, 2.45) is 17.3 Å². The fourth-order valence-corrected chi connectivity index (χ4v) is 4.54. The first kappa shape index (κ1) is 10.1. The molecule has 2 nitrogen and oxygen atoms in total. The van der Waals surface area contributed by atoms with Crippen LogP contribution in [-0.4, -0.2) is 21.9 Å². The molecule has 0 amide bonds. The number of hydrogen-bond acceptors (Lipinski definition) is 2. The summed E-state index contributed by atoms with van der Waals surface area (Å²) in [5.41, 5.74) is -0.239. The van der Waals surface area contributed by atoms with E-state index in [1.54, 1.807) is 0 Å². The molecule has 2 bridgehead atoms. The second-order valence-corrected chi connectivity index (χ2v) is 6.56. The standard InChI is InChI=1S/C13H22O2/c1-12-5-2-6-13(15,8-12)10-4-3-9(10)11(14)7-12/h9-11,14-15H,2-8H2,1H3/t9-,10+,11-,12-,13+/m0/s1. The lowest BCUT2D eigenvalue weighted by molar-refractivity contribution is -0.124. The maximum absolute atomic E-state index is 10.7. The van der Waals surface area contributed by atoms with E-state index in [2.05, 4.69) is 6.92 Å². The van der Waals surface area contributed by atoms with Crippen LogP contribution in [0, 0.1) is 17.3 Å². The molecular weight excluding hydrogens is 188 g/mol. The normalized spacial score (nSPS) is 59.0. The van der Waals surface area contributed by atoms with Crippen LogP contribution in [0.3, 0.4) is 0 Å². The summed E-state index contributed by atoms with van der Waals surface area (Å²) in [7, 11) is 0. The molecule has 2 N–H and O–H groups in total. The van der Waals surface area contributed by atoms with E-state index in [1.807, 2.05) is 0 Å². The zero-order chi connectivity index (χ0) is 10.7. The highest BCUT2D eigenvalue weighted by molar-refractivity contribution is 5.07. The van der Waals surface area contributed by atoms with E-state index in [0.717, 1.165) is 38.5 Å². The largest absolute Gasteiger partial charge is 0.393 e. The lowest BCUT2D eigenvalue weighted by atomic mass is 9.59. The van der Waals surface area contributed by atoms with Crippen LogP contribution in [0.1, 0.15) is 51.9 Å². The third-order valence-electron chi connectivity index (χ3n) is 5.34. The molecule has 0 heterocycles. The first-order valence-electron chi connectivity index (χ1n) is 6.43. The van der Waals surface area contributed by atoms with Gasteiger partial charge in [-0.25, -0.2) is 0 Å². The van der Waals surface area contributed by atoms with Gasteiger partial charge in [-0.2, -0.15) is 0 Å². The molecule has 3 aliphatic carbocycles. The molecule has 5 atom stereocenters. The van der Waals surface area contributed by atoms with Crippen LogP contribution in [-0.2, 0) is 0 Å². The average Bonchev–Trinajstić information content (AvgIpc) is 1.99. The molecule has 3 fully saturated rings. The van der Waals surface area contributed by atoms with Crippen molar-refractivity contribution in [3.63, 3.8) is 0 Å². The highest BCUT2D eigenvalue weighted by Crippen LogP contribution is 2.58. The van der Waals surface area contributed by atoms with Crippen molar-refractivity contribution < 1.29 is 10.2 Å². The molecule has 0 saturated heterocycles. The minimum atomic E-state index is -0.437. The second-order valence-electron chi connectivity index (χ2n) is 6.56. The Kier molecular flexibility index (Phi) is 2.01. The molecule has 0 spiro atoms. The van der Waals surface area contributed by atoms with Crippen LogP contribution in [0.2, 0.25) is 0 Å².